The molecule has 0 unspecified atom stereocenters. The van der Waals surface area contributed by atoms with Crippen molar-refractivity contribution in [1.82, 2.24) is 0 Å². The van der Waals surface area contributed by atoms with Crippen molar-refractivity contribution in [1.29, 1.82) is 0 Å². The molecule has 1 aromatic heterocycles. The standard InChI is InChI=1S/C10H7ClO4S3/c11-18(14,15)10-6-9(7-16-10)17(12,13)8-4-2-1-3-5-8/h1-7H. The molecule has 0 saturated heterocycles. The van der Waals surface area contributed by atoms with Crippen molar-refractivity contribution in [3.05, 3.63) is 41.8 Å². The molecule has 4 nitrogen and oxygen atoms in total. The maximum Gasteiger partial charge on any atom is 0.270 e. The second-order valence-corrected chi connectivity index (χ2v) is 9.01. The zero-order chi connectivity index (χ0) is 13.4. The summed E-state index contributed by atoms with van der Waals surface area (Å²) in [5.41, 5.74) is 0. The van der Waals surface area contributed by atoms with E-state index in [0.29, 0.717) is 0 Å². The number of benzene rings is 1. The van der Waals surface area contributed by atoms with Crippen molar-refractivity contribution in [2.45, 2.75) is 14.0 Å². The molecule has 2 aromatic rings. The van der Waals surface area contributed by atoms with Gasteiger partial charge in [-0.05, 0) is 18.2 Å². The van der Waals surface area contributed by atoms with E-state index in [2.05, 4.69) is 0 Å². The Morgan fingerprint density at radius 2 is 1.56 bits per heavy atom. The van der Waals surface area contributed by atoms with Crippen LogP contribution in [-0.4, -0.2) is 16.8 Å². The molecule has 18 heavy (non-hydrogen) atoms. The minimum Gasteiger partial charge on any atom is -0.218 e. The van der Waals surface area contributed by atoms with Gasteiger partial charge in [-0.3, -0.25) is 0 Å². The second kappa shape index (κ2) is 4.65. The summed E-state index contributed by atoms with van der Waals surface area (Å²) in [7, 11) is -2.43. The summed E-state index contributed by atoms with van der Waals surface area (Å²) in [5.74, 6) is 0. The van der Waals surface area contributed by atoms with Crippen LogP contribution in [-0.2, 0) is 18.9 Å². The highest BCUT2D eigenvalue weighted by molar-refractivity contribution is 8.15. The molecule has 0 amide bonds. The van der Waals surface area contributed by atoms with E-state index < -0.39 is 18.9 Å². The zero-order valence-electron chi connectivity index (χ0n) is 8.78. The van der Waals surface area contributed by atoms with Crippen molar-refractivity contribution in [3.8, 4) is 0 Å². The van der Waals surface area contributed by atoms with Gasteiger partial charge in [-0.2, -0.15) is 0 Å². The van der Waals surface area contributed by atoms with Crippen molar-refractivity contribution in [2.24, 2.45) is 0 Å². The SMILES string of the molecule is O=S(=O)(Cl)c1cc(S(=O)(=O)c2ccccc2)cs1. The number of hydrogen-bond donors (Lipinski definition) is 0. The molecule has 0 bridgehead atoms. The van der Waals surface area contributed by atoms with Gasteiger partial charge < -0.3 is 0 Å². The first-order valence-electron chi connectivity index (χ1n) is 4.65. The van der Waals surface area contributed by atoms with Crippen molar-refractivity contribution in [2.75, 3.05) is 0 Å². The third-order valence-corrected chi connectivity index (χ3v) is 7.09. The average molecular weight is 323 g/mol. The molecule has 0 aliphatic carbocycles. The van der Waals surface area contributed by atoms with Gasteiger partial charge in [0, 0.05) is 16.1 Å². The molecule has 0 aliphatic rings. The smallest absolute Gasteiger partial charge is 0.218 e. The van der Waals surface area contributed by atoms with Crippen LogP contribution in [0.1, 0.15) is 0 Å². The van der Waals surface area contributed by atoms with E-state index in [-0.39, 0.29) is 14.0 Å². The number of thiophene rings is 1. The molecule has 2 rings (SSSR count). The normalized spacial score (nSPS) is 12.5. The van der Waals surface area contributed by atoms with Crippen molar-refractivity contribution >= 4 is 40.9 Å². The molecular formula is C10H7ClO4S3. The number of sulfone groups is 1. The van der Waals surface area contributed by atoms with Crippen LogP contribution < -0.4 is 0 Å². The largest absolute Gasteiger partial charge is 0.270 e. The lowest BCUT2D eigenvalue weighted by molar-refractivity contribution is 0.596. The minimum absolute atomic E-state index is 0.0714. The van der Waals surface area contributed by atoms with Crippen LogP contribution in [0.3, 0.4) is 0 Å². The molecule has 1 heterocycles. The molecule has 1 aromatic carbocycles. The van der Waals surface area contributed by atoms with Gasteiger partial charge in [-0.1, -0.05) is 18.2 Å². The van der Waals surface area contributed by atoms with Gasteiger partial charge in [0.25, 0.3) is 9.05 Å². The van der Waals surface area contributed by atoms with E-state index >= 15 is 0 Å². The minimum atomic E-state index is -3.90. The predicted octanol–water partition coefficient (Wildman–Crippen LogP) is 2.51. The van der Waals surface area contributed by atoms with Crippen LogP contribution in [0.2, 0.25) is 0 Å². The van der Waals surface area contributed by atoms with E-state index in [4.69, 9.17) is 10.7 Å². The first-order chi connectivity index (χ1) is 8.32. The Labute approximate surface area is 113 Å². The van der Waals surface area contributed by atoms with E-state index in [0.717, 1.165) is 17.4 Å². The fourth-order valence-electron chi connectivity index (χ4n) is 1.30. The van der Waals surface area contributed by atoms with Crippen LogP contribution in [0.4, 0.5) is 0 Å². The van der Waals surface area contributed by atoms with E-state index in [1.54, 1.807) is 18.2 Å². The molecule has 96 valence electrons. The Morgan fingerprint density at radius 1 is 0.944 bits per heavy atom. The summed E-state index contributed by atoms with van der Waals surface area (Å²) >= 11 is 0.779. The lowest BCUT2D eigenvalue weighted by Gasteiger charge is -2.00. The first-order valence-corrected chi connectivity index (χ1v) is 9.32. The quantitative estimate of drug-likeness (QED) is 0.814. The highest BCUT2D eigenvalue weighted by atomic mass is 35.7. The predicted molar refractivity (Wildman–Crippen MR) is 69.3 cm³/mol. The fraction of sp³-hybridized carbons (Fsp3) is 0. The number of rotatable bonds is 3. The molecular weight excluding hydrogens is 316 g/mol. The zero-order valence-corrected chi connectivity index (χ0v) is 12.0. The average Bonchev–Trinajstić information content (AvgIpc) is 2.79. The molecule has 0 radical (unpaired) electrons. The maximum absolute atomic E-state index is 12.1. The van der Waals surface area contributed by atoms with E-state index in [1.165, 1.54) is 17.5 Å². The van der Waals surface area contributed by atoms with Gasteiger partial charge in [0.1, 0.15) is 4.21 Å². The van der Waals surface area contributed by atoms with Gasteiger partial charge in [0.05, 0.1) is 9.79 Å². The van der Waals surface area contributed by atoms with Crippen LogP contribution in [0, 0.1) is 0 Å². The molecule has 0 atom stereocenters. The topological polar surface area (TPSA) is 68.3 Å². The van der Waals surface area contributed by atoms with Crippen molar-refractivity contribution < 1.29 is 16.8 Å². The van der Waals surface area contributed by atoms with Gasteiger partial charge in [0.2, 0.25) is 9.84 Å². The Bertz CT molecular complexity index is 760. The Morgan fingerprint density at radius 3 is 2.06 bits per heavy atom. The third kappa shape index (κ3) is 2.59. The van der Waals surface area contributed by atoms with Crippen LogP contribution >= 0.6 is 22.0 Å². The van der Waals surface area contributed by atoms with E-state index in [9.17, 15) is 16.8 Å². The first kappa shape index (κ1) is 13.5. The molecule has 0 aliphatic heterocycles. The van der Waals surface area contributed by atoms with Crippen LogP contribution in [0.15, 0.2) is 55.8 Å². The molecule has 0 N–H and O–H groups in total. The maximum atomic E-state index is 12.1. The third-order valence-electron chi connectivity index (χ3n) is 2.16. The molecule has 8 heteroatoms. The monoisotopic (exact) mass is 322 g/mol. The Balaban J connectivity index is 2.54. The van der Waals surface area contributed by atoms with Gasteiger partial charge in [-0.25, -0.2) is 16.8 Å². The van der Waals surface area contributed by atoms with Crippen LogP contribution in [0.5, 0.6) is 0 Å². The van der Waals surface area contributed by atoms with Gasteiger partial charge >= 0.3 is 0 Å². The second-order valence-electron chi connectivity index (χ2n) is 3.36. The highest BCUT2D eigenvalue weighted by Gasteiger charge is 2.22. The van der Waals surface area contributed by atoms with Crippen LogP contribution in [0.25, 0.3) is 0 Å². The summed E-state index contributed by atoms with van der Waals surface area (Å²) in [6.45, 7) is 0. The number of halogens is 1. The molecule has 0 spiro atoms. The van der Waals surface area contributed by atoms with Gasteiger partial charge in [0.15, 0.2) is 0 Å². The lowest BCUT2D eigenvalue weighted by atomic mass is 10.4. The fourth-order valence-corrected chi connectivity index (χ4v) is 4.99. The summed E-state index contributed by atoms with van der Waals surface area (Å²) in [4.78, 5) is 0.0410. The lowest BCUT2D eigenvalue weighted by Crippen LogP contribution is -2.00. The summed E-state index contributed by atoms with van der Waals surface area (Å²) in [6.07, 6.45) is 0. The Kier molecular flexibility index (Phi) is 3.50. The Hall–Kier alpha value is -0.890. The van der Waals surface area contributed by atoms with Gasteiger partial charge in [-0.15, -0.1) is 11.3 Å². The highest BCUT2D eigenvalue weighted by Crippen LogP contribution is 2.29. The molecule has 0 saturated carbocycles. The summed E-state index contributed by atoms with van der Waals surface area (Å²) in [5, 5.41) is 1.26. The summed E-state index contributed by atoms with van der Waals surface area (Å²) in [6, 6.07) is 8.84. The molecule has 0 fully saturated rings. The summed E-state index contributed by atoms with van der Waals surface area (Å²) < 4.78 is 46.3. The number of hydrogen-bond acceptors (Lipinski definition) is 5. The van der Waals surface area contributed by atoms with E-state index in [1.807, 2.05) is 0 Å². The van der Waals surface area contributed by atoms with Crippen molar-refractivity contribution in [3.63, 3.8) is 0 Å².